The summed E-state index contributed by atoms with van der Waals surface area (Å²) in [5.74, 6) is 7.41. The van der Waals surface area contributed by atoms with Gasteiger partial charge in [-0.3, -0.25) is 9.80 Å². The third-order valence-corrected chi connectivity index (χ3v) is 13.8. The molecule has 2 aliphatic carbocycles. The van der Waals surface area contributed by atoms with E-state index in [0.717, 1.165) is 53.2 Å². The molecule has 2 aromatic heterocycles. The summed E-state index contributed by atoms with van der Waals surface area (Å²) in [6, 6.07) is 13.0. The Balaban J connectivity index is 1.10. The van der Waals surface area contributed by atoms with Crippen molar-refractivity contribution in [2.75, 3.05) is 19.6 Å². The fraction of sp³-hybridized carbons (Fsp3) is 0.600. The SMILES string of the molecule is CCCC1CC2CC3c4oc5ccc(O)cc5c4CC(C4C5CC6c7oc8ccc(O)cc8c7CCN(C5)C6C4CCC)N(C2)C13. The van der Waals surface area contributed by atoms with Crippen molar-refractivity contribution in [3.05, 3.63) is 59.0 Å². The van der Waals surface area contributed by atoms with Gasteiger partial charge in [-0.1, -0.05) is 26.7 Å². The molecule has 8 heterocycles. The first kappa shape index (κ1) is 28.1. The highest BCUT2D eigenvalue weighted by Crippen LogP contribution is 2.60. The Hall–Kier alpha value is -2.96. The lowest BCUT2D eigenvalue weighted by Crippen LogP contribution is -2.67. The molecule has 242 valence electrons. The van der Waals surface area contributed by atoms with Crippen molar-refractivity contribution in [2.45, 2.75) is 102 Å². The van der Waals surface area contributed by atoms with Crippen molar-refractivity contribution >= 4 is 21.9 Å². The average Bonchev–Trinajstić information content (AvgIpc) is 3.54. The molecule has 2 N–H and O–H groups in total. The standard InChI is InChI=1S/C40H48N2O4/c1-3-5-22-13-21-14-31-37(22)42(19-21)33(18-30-29-17-25(44)8-10-35(29)46-40(30)31)36-23-15-32-38(27(36)6-4-2)41(20-23)12-11-26-28-16-24(43)7-9-34(28)45-39(26)32/h7-10,16-17,21-23,27,31-33,36-38,43-44H,3-6,11-15,18-20H2,1-2H3. The molecule has 46 heavy (non-hydrogen) atoms. The summed E-state index contributed by atoms with van der Waals surface area (Å²) >= 11 is 0. The molecule has 12 atom stereocenters. The summed E-state index contributed by atoms with van der Waals surface area (Å²) < 4.78 is 13.6. The summed E-state index contributed by atoms with van der Waals surface area (Å²) in [6.45, 7) is 8.28. The van der Waals surface area contributed by atoms with Crippen molar-refractivity contribution in [1.82, 2.24) is 9.80 Å². The number of hydrogen-bond acceptors (Lipinski definition) is 6. The van der Waals surface area contributed by atoms with Gasteiger partial charge in [0.05, 0.1) is 0 Å². The van der Waals surface area contributed by atoms with Crippen molar-refractivity contribution < 1.29 is 19.0 Å². The lowest BCUT2D eigenvalue weighted by molar-refractivity contribution is -0.126. The van der Waals surface area contributed by atoms with Crippen LogP contribution in [0.1, 0.15) is 93.3 Å². The van der Waals surface area contributed by atoms with Gasteiger partial charge in [-0.05, 0) is 111 Å². The number of phenols is 2. The number of rotatable bonds is 5. The molecular weight excluding hydrogens is 572 g/mol. The Bertz CT molecular complexity index is 1820. The molecule has 2 aromatic carbocycles. The van der Waals surface area contributed by atoms with Gasteiger partial charge in [0, 0.05) is 71.5 Å². The average molecular weight is 621 g/mol. The van der Waals surface area contributed by atoms with Crippen LogP contribution in [0.3, 0.4) is 0 Å². The zero-order valence-electron chi connectivity index (χ0n) is 27.3. The van der Waals surface area contributed by atoms with Gasteiger partial charge in [-0.2, -0.15) is 0 Å². The molecule has 6 aliphatic heterocycles. The van der Waals surface area contributed by atoms with Crippen LogP contribution < -0.4 is 0 Å². The zero-order chi connectivity index (χ0) is 30.8. The highest BCUT2D eigenvalue weighted by molar-refractivity contribution is 5.85. The van der Waals surface area contributed by atoms with Crippen molar-refractivity contribution in [2.24, 2.45) is 29.6 Å². The van der Waals surface area contributed by atoms with E-state index in [9.17, 15) is 10.2 Å². The second-order valence-electron chi connectivity index (χ2n) is 16.1. The Morgan fingerprint density at radius 3 is 2.22 bits per heavy atom. The Morgan fingerprint density at radius 1 is 0.783 bits per heavy atom. The fourth-order valence-corrected chi connectivity index (χ4v) is 12.6. The van der Waals surface area contributed by atoms with Crippen LogP contribution in [0.4, 0.5) is 0 Å². The maximum absolute atomic E-state index is 10.6. The predicted molar refractivity (Wildman–Crippen MR) is 179 cm³/mol. The van der Waals surface area contributed by atoms with E-state index >= 15 is 0 Å². The summed E-state index contributed by atoms with van der Waals surface area (Å²) in [5.41, 5.74) is 4.64. The summed E-state index contributed by atoms with van der Waals surface area (Å²) in [5, 5.41) is 23.2. The smallest absolute Gasteiger partial charge is 0.134 e. The van der Waals surface area contributed by atoms with Crippen LogP contribution in [0, 0.1) is 29.6 Å². The quantitative estimate of drug-likeness (QED) is 0.234. The third kappa shape index (κ3) is 3.89. The zero-order valence-corrected chi connectivity index (χ0v) is 27.3. The number of aromatic hydroxyl groups is 2. The number of fused-ring (bicyclic) bond motifs is 8. The van der Waals surface area contributed by atoms with Crippen molar-refractivity contribution in [3.8, 4) is 11.5 Å². The molecule has 6 nitrogen and oxygen atoms in total. The molecule has 2 saturated carbocycles. The van der Waals surface area contributed by atoms with Crippen molar-refractivity contribution in [3.63, 3.8) is 0 Å². The van der Waals surface area contributed by atoms with Gasteiger partial charge < -0.3 is 19.0 Å². The maximum Gasteiger partial charge on any atom is 0.134 e. The van der Waals surface area contributed by atoms with Crippen LogP contribution in [-0.4, -0.2) is 57.8 Å². The van der Waals surface area contributed by atoms with E-state index in [1.807, 2.05) is 24.3 Å². The van der Waals surface area contributed by atoms with Crippen molar-refractivity contribution in [1.29, 1.82) is 0 Å². The Kier molecular flexibility index (Phi) is 6.27. The first-order chi connectivity index (χ1) is 22.5. The molecule has 0 spiro atoms. The number of furan rings is 2. The van der Waals surface area contributed by atoms with Gasteiger partial charge in [-0.15, -0.1) is 0 Å². The molecule has 0 radical (unpaired) electrons. The molecule has 12 unspecified atom stereocenters. The van der Waals surface area contributed by atoms with Gasteiger partial charge in [0.25, 0.3) is 0 Å². The van der Waals surface area contributed by atoms with Gasteiger partial charge in [-0.25, -0.2) is 0 Å². The Labute approximate surface area is 271 Å². The summed E-state index contributed by atoms with van der Waals surface area (Å²) in [4.78, 5) is 5.92. The van der Waals surface area contributed by atoms with Crippen LogP contribution in [0.2, 0.25) is 0 Å². The molecule has 6 fully saturated rings. The monoisotopic (exact) mass is 620 g/mol. The van der Waals surface area contributed by atoms with Crippen LogP contribution in [0.15, 0.2) is 45.2 Å². The van der Waals surface area contributed by atoms with E-state index in [1.54, 1.807) is 12.1 Å². The molecule has 4 aromatic rings. The van der Waals surface area contributed by atoms with Crippen LogP contribution >= 0.6 is 0 Å². The van der Waals surface area contributed by atoms with Gasteiger partial charge in [0.15, 0.2) is 0 Å². The number of phenolic OH excluding ortho intramolecular Hbond substituents is 2. The first-order valence-electron chi connectivity index (χ1n) is 18.5. The van der Waals surface area contributed by atoms with E-state index in [2.05, 4.69) is 23.6 Å². The van der Waals surface area contributed by atoms with E-state index in [4.69, 9.17) is 8.83 Å². The molecule has 4 saturated heterocycles. The summed E-state index contributed by atoms with van der Waals surface area (Å²) in [6.07, 6.45) is 10.9. The minimum Gasteiger partial charge on any atom is -0.508 e. The minimum atomic E-state index is 0.331. The first-order valence-corrected chi connectivity index (χ1v) is 18.5. The van der Waals surface area contributed by atoms with Gasteiger partial charge >= 0.3 is 0 Å². The lowest BCUT2D eigenvalue weighted by atomic mass is 9.56. The maximum atomic E-state index is 10.6. The molecule has 8 aliphatic rings. The van der Waals surface area contributed by atoms with E-state index in [-0.39, 0.29) is 0 Å². The number of hydrogen-bond donors (Lipinski definition) is 2. The number of nitrogens with zero attached hydrogens (tertiary/aromatic N) is 2. The molecule has 8 bridgehead atoms. The van der Waals surface area contributed by atoms with E-state index in [0.29, 0.717) is 59.2 Å². The van der Waals surface area contributed by atoms with Gasteiger partial charge in [0.1, 0.15) is 34.2 Å². The normalized spacial score (nSPS) is 38.9. The second-order valence-corrected chi connectivity index (χ2v) is 16.1. The van der Waals surface area contributed by atoms with Crippen LogP contribution in [0.25, 0.3) is 21.9 Å². The summed E-state index contributed by atoms with van der Waals surface area (Å²) in [7, 11) is 0. The molecule has 0 amide bonds. The molecule has 6 heteroatoms. The number of benzene rings is 2. The predicted octanol–water partition coefficient (Wildman–Crippen LogP) is 8.19. The van der Waals surface area contributed by atoms with Crippen LogP contribution in [-0.2, 0) is 12.8 Å². The van der Waals surface area contributed by atoms with Crippen LogP contribution in [0.5, 0.6) is 11.5 Å². The van der Waals surface area contributed by atoms with E-state index < -0.39 is 0 Å². The van der Waals surface area contributed by atoms with Gasteiger partial charge in [0.2, 0.25) is 0 Å². The fourth-order valence-electron chi connectivity index (χ4n) is 12.6. The molecule has 12 rings (SSSR count). The lowest BCUT2D eigenvalue weighted by Gasteiger charge is -2.62. The highest BCUT2D eigenvalue weighted by Gasteiger charge is 2.60. The number of piperidine rings is 4. The largest absolute Gasteiger partial charge is 0.508 e. The minimum absolute atomic E-state index is 0.331. The van der Waals surface area contributed by atoms with E-state index in [1.165, 1.54) is 80.7 Å². The third-order valence-electron chi connectivity index (χ3n) is 13.8. The highest BCUT2D eigenvalue weighted by atomic mass is 16.3. The molecular formula is C40H48N2O4. The topological polar surface area (TPSA) is 73.2 Å². The second kappa shape index (κ2) is 10.3. The Morgan fingerprint density at radius 2 is 1.48 bits per heavy atom.